The van der Waals surface area contributed by atoms with Crippen LogP contribution in [0.5, 0.6) is 0 Å². The summed E-state index contributed by atoms with van der Waals surface area (Å²) < 4.78 is 4.58. The maximum Gasteiger partial charge on any atom is 0.318 e. The van der Waals surface area contributed by atoms with Crippen LogP contribution in [0.3, 0.4) is 0 Å². The lowest BCUT2D eigenvalue weighted by molar-refractivity contribution is 0.414. The highest BCUT2D eigenvalue weighted by molar-refractivity contribution is 5.02. The van der Waals surface area contributed by atoms with E-state index in [1.807, 2.05) is 12.2 Å². The minimum atomic E-state index is 1.62. The average molecular weight is 68.1 g/mol. The van der Waals surface area contributed by atoms with Crippen LogP contribution in [0.2, 0.25) is 0 Å². The van der Waals surface area contributed by atoms with Gasteiger partial charge in [-0.1, -0.05) is 0 Å². The predicted octanol–water partition coefficient (Wildman–Crippen LogP) is 1.04. The van der Waals surface area contributed by atoms with E-state index < -0.39 is 0 Å². The maximum atomic E-state index is 4.58. The smallest absolute Gasteiger partial charge is 0.224 e. The van der Waals surface area contributed by atoms with E-state index in [2.05, 4.69) is 4.74 Å². The Morgan fingerprint density at radius 2 is 1.60 bits per heavy atom. The third kappa shape index (κ3) is 0.293. The first kappa shape index (κ1) is 2.51. The Morgan fingerprint density at radius 1 is 1.00 bits per heavy atom. The first-order chi connectivity index (χ1) is 2.50. The molecule has 0 atom stereocenters. The van der Waals surface area contributed by atoms with Gasteiger partial charge in [0, 0.05) is 12.2 Å². The summed E-state index contributed by atoms with van der Waals surface area (Å²) in [7, 11) is 0. The molecule has 0 amide bonds. The molecule has 0 spiro atoms. The van der Waals surface area contributed by atoms with Crippen molar-refractivity contribution in [2.75, 3.05) is 0 Å². The topological polar surface area (TPSA) is 11.3 Å². The summed E-state index contributed by atoms with van der Waals surface area (Å²) in [4.78, 5) is 0. The van der Waals surface area contributed by atoms with Crippen molar-refractivity contribution in [3.8, 4) is 0 Å². The molecule has 0 bridgehead atoms. The monoisotopic (exact) mass is 68.0 g/mol. The van der Waals surface area contributed by atoms with Crippen LogP contribution in [-0.2, 0) is 4.74 Å². The second-order valence-electron chi connectivity index (χ2n) is 0.793. The normalized spacial score (nSPS) is 16.0. The van der Waals surface area contributed by atoms with Gasteiger partial charge in [-0.3, -0.25) is 0 Å². The quantitative estimate of drug-likeness (QED) is 0.386. The van der Waals surface area contributed by atoms with E-state index >= 15 is 0 Å². The van der Waals surface area contributed by atoms with Crippen LogP contribution in [0.25, 0.3) is 0 Å². The third-order valence-corrected chi connectivity index (χ3v) is 0.425. The van der Waals surface area contributed by atoms with E-state index in [-0.39, 0.29) is 0 Å². The number of hydrogen-bond acceptors (Lipinski definition) is 1. The molecule has 1 nitrogen and oxygen atoms in total. The van der Waals surface area contributed by atoms with Crippen molar-refractivity contribution in [2.45, 2.75) is 0 Å². The summed E-state index contributed by atoms with van der Waals surface area (Å²) in [6.07, 6.45) is 6.92. The van der Waals surface area contributed by atoms with E-state index in [1.54, 1.807) is 12.5 Å². The van der Waals surface area contributed by atoms with Crippen molar-refractivity contribution in [2.24, 2.45) is 0 Å². The van der Waals surface area contributed by atoms with E-state index in [1.165, 1.54) is 0 Å². The fraction of sp³-hybridized carbons (Fsp3) is 0. The fourth-order valence-corrected chi connectivity index (χ4v) is 0.227. The van der Waals surface area contributed by atoms with Gasteiger partial charge in [-0.05, 0) is 0 Å². The van der Waals surface area contributed by atoms with Gasteiger partial charge in [0.2, 0.25) is 0 Å². The molecule has 1 heteroatoms. The molecule has 1 radical (unpaired) electrons. The van der Waals surface area contributed by atoms with Gasteiger partial charge in [-0.2, -0.15) is 0 Å². The summed E-state index contributed by atoms with van der Waals surface area (Å²) in [6, 6.07) is 0. The van der Waals surface area contributed by atoms with E-state index in [0.29, 0.717) is 0 Å². The van der Waals surface area contributed by atoms with Gasteiger partial charge in [0.25, 0.3) is 0 Å². The predicted molar refractivity (Wildman–Crippen MR) is 19.4 cm³/mol. The lowest BCUT2D eigenvalue weighted by Gasteiger charge is -1.48. The van der Waals surface area contributed by atoms with Gasteiger partial charge in [-0.25, -0.2) is 4.74 Å². The van der Waals surface area contributed by atoms with E-state index in [0.717, 1.165) is 0 Å². The molecule has 0 aromatic rings. The molecule has 0 unspecified atom stereocenters. The summed E-state index contributed by atoms with van der Waals surface area (Å²) >= 11 is 0. The second kappa shape index (κ2) is 0.931. The average Bonchev–Trinajstić information content (AvgIpc) is 1.76. The highest BCUT2D eigenvalue weighted by Gasteiger charge is 1.88. The highest BCUT2D eigenvalue weighted by atomic mass is 16.5. The molecule has 0 aromatic heterocycles. The molecule has 1 heterocycles. The Balaban J connectivity index is 2.61. The van der Waals surface area contributed by atoms with Crippen LogP contribution in [0, 0.1) is 0 Å². The molecule has 0 saturated heterocycles. The Kier molecular flexibility index (Phi) is 0.468. The molecule has 1 rings (SSSR count). The van der Waals surface area contributed by atoms with Gasteiger partial charge >= 0.3 is 12.5 Å². The summed E-state index contributed by atoms with van der Waals surface area (Å²) in [5.74, 6) is 0. The van der Waals surface area contributed by atoms with Crippen molar-refractivity contribution in [3.05, 3.63) is 24.7 Å². The van der Waals surface area contributed by atoms with Crippen LogP contribution in [0.1, 0.15) is 0 Å². The third-order valence-electron chi connectivity index (χ3n) is 0.425. The molecular formula is C4H4O+. The van der Waals surface area contributed by atoms with Crippen molar-refractivity contribution in [1.82, 2.24) is 0 Å². The molecule has 0 aliphatic carbocycles. The minimum absolute atomic E-state index is 1.62. The molecule has 1 aliphatic heterocycles. The molecule has 5 heavy (non-hydrogen) atoms. The molecule has 0 aromatic carbocycles. The molecule has 0 saturated carbocycles. The molecule has 0 N–H and O–H groups in total. The lowest BCUT2D eigenvalue weighted by Crippen LogP contribution is -1.47. The Labute approximate surface area is 30.6 Å². The first-order valence-electron chi connectivity index (χ1n) is 1.47. The van der Waals surface area contributed by atoms with Crippen LogP contribution >= 0.6 is 0 Å². The summed E-state index contributed by atoms with van der Waals surface area (Å²) in [5.41, 5.74) is 0. The van der Waals surface area contributed by atoms with Crippen LogP contribution in [0.15, 0.2) is 24.7 Å². The fourth-order valence-electron chi connectivity index (χ4n) is 0.227. The van der Waals surface area contributed by atoms with Gasteiger partial charge in [0.1, 0.15) is 0 Å². The van der Waals surface area contributed by atoms with E-state index in [4.69, 9.17) is 0 Å². The van der Waals surface area contributed by atoms with Crippen molar-refractivity contribution in [1.29, 1.82) is 0 Å². The lowest BCUT2D eigenvalue weighted by atomic mass is 10.6. The zero-order chi connectivity index (χ0) is 3.54. The zero-order valence-electron chi connectivity index (χ0n) is 2.72. The SMILES string of the molecule is C1=C[O+]C=C1. The molecular weight excluding hydrogens is 64.0 g/mol. The minimum Gasteiger partial charge on any atom is -0.224 e. The van der Waals surface area contributed by atoms with Gasteiger partial charge in [0.05, 0.1) is 0 Å². The standard InChI is InChI=1S/C4H4O/c1-2-4-5-3-1/h1-4H/q+1. The number of allylic oxidation sites excluding steroid dienone is 2. The number of hydrogen-bond donors (Lipinski definition) is 0. The van der Waals surface area contributed by atoms with Crippen LogP contribution < -0.4 is 0 Å². The van der Waals surface area contributed by atoms with Gasteiger partial charge in [-0.15, -0.1) is 0 Å². The Hall–Kier alpha value is -0.720. The Morgan fingerprint density at radius 3 is 1.80 bits per heavy atom. The van der Waals surface area contributed by atoms with Crippen molar-refractivity contribution >= 4 is 0 Å². The molecule has 0 fully saturated rings. The zero-order valence-corrected chi connectivity index (χ0v) is 2.72. The largest absolute Gasteiger partial charge is 0.318 e. The summed E-state index contributed by atoms with van der Waals surface area (Å²) in [6.45, 7) is 0. The van der Waals surface area contributed by atoms with Gasteiger partial charge in [0.15, 0.2) is 0 Å². The molecule has 1 aliphatic rings. The summed E-state index contributed by atoms with van der Waals surface area (Å²) in [5, 5.41) is 0. The van der Waals surface area contributed by atoms with Crippen molar-refractivity contribution < 1.29 is 4.74 Å². The number of rotatable bonds is 0. The maximum absolute atomic E-state index is 4.58. The Bertz CT molecular complexity index is 61.7. The number of ether oxygens (including phenoxy) is 1. The van der Waals surface area contributed by atoms with Crippen LogP contribution in [-0.4, -0.2) is 0 Å². The van der Waals surface area contributed by atoms with Crippen LogP contribution in [0.4, 0.5) is 0 Å². The molecule has 25 valence electrons. The van der Waals surface area contributed by atoms with Gasteiger partial charge < -0.3 is 0 Å². The van der Waals surface area contributed by atoms with E-state index in [9.17, 15) is 0 Å². The second-order valence-corrected chi connectivity index (χ2v) is 0.793. The highest BCUT2D eigenvalue weighted by Crippen LogP contribution is 1.88. The first-order valence-corrected chi connectivity index (χ1v) is 1.47. The van der Waals surface area contributed by atoms with Crippen molar-refractivity contribution in [3.63, 3.8) is 0 Å².